The molecule has 27 heavy (non-hydrogen) atoms. The molecule has 1 N–H and O–H groups in total. The fourth-order valence-corrected chi connectivity index (χ4v) is 3.55. The van der Waals surface area contributed by atoms with Crippen molar-refractivity contribution in [2.24, 2.45) is 0 Å². The van der Waals surface area contributed by atoms with E-state index in [0.29, 0.717) is 31.9 Å². The highest BCUT2D eigenvalue weighted by Gasteiger charge is 2.24. The summed E-state index contributed by atoms with van der Waals surface area (Å²) in [6.07, 6.45) is 0. The maximum absolute atomic E-state index is 12.5. The Morgan fingerprint density at radius 2 is 1.67 bits per heavy atom. The predicted octanol–water partition coefficient (Wildman–Crippen LogP) is 0.806. The Morgan fingerprint density at radius 1 is 1.04 bits per heavy atom. The Balaban J connectivity index is 1.53. The summed E-state index contributed by atoms with van der Waals surface area (Å²) in [6, 6.07) is 7.11. The number of ether oxygens (including phenoxy) is 1. The summed E-state index contributed by atoms with van der Waals surface area (Å²) in [5.41, 5.74) is 1.72. The first-order valence-electron chi connectivity index (χ1n) is 9.83. The molecule has 7 heteroatoms. The first kappa shape index (κ1) is 19.6. The summed E-state index contributed by atoms with van der Waals surface area (Å²) < 4.78 is 5.27. The number of hydrogen-bond acceptors (Lipinski definition) is 5. The number of benzene rings is 1. The number of carbonyl (C=O) groups excluding carboxylic acids is 2. The van der Waals surface area contributed by atoms with Crippen molar-refractivity contribution in [2.75, 3.05) is 63.9 Å². The van der Waals surface area contributed by atoms with Crippen LogP contribution in [0, 0.1) is 0 Å². The molecule has 2 heterocycles. The lowest BCUT2D eigenvalue weighted by molar-refractivity contribution is -0.136. The van der Waals surface area contributed by atoms with E-state index < -0.39 is 6.04 Å². The van der Waals surface area contributed by atoms with E-state index in [4.69, 9.17) is 4.74 Å². The summed E-state index contributed by atoms with van der Waals surface area (Å²) in [4.78, 5) is 31.4. The van der Waals surface area contributed by atoms with E-state index in [2.05, 4.69) is 22.0 Å². The second kappa shape index (κ2) is 9.19. The fourth-order valence-electron chi connectivity index (χ4n) is 3.55. The number of nitrogens with zero attached hydrogens (tertiary/aromatic N) is 3. The Hall–Kier alpha value is -2.12. The van der Waals surface area contributed by atoms with E-state index in [1.165, 1.54) is 0 Å². The van der Waals surface area contributed by atoms with Crippen LogP contribution in [0.2, 0.25) is 0 Å². The molecule has 1 aromatic rings. The Kier molecular flexibility index (Phi) is 6.68. The Morgan fingerprint density at radius 3 is 2.26 bits per heavy atom. The molecule has 2 saturated heterocycles. The van der Waals surface area contributed by atoms with Gasteiger partial charge in [0.15, 0.2) is 0 Å². The van der Waals surface area contributed by atoms with Crippen molar-refractivity contribution in [3.8, 4) is 0 Å². The van der Waals surface area contributed by atoms with E-state index in [0.717, 1.165) is 38.4 Å². The van der Waals surface area contributed by atoms with Gasteiger partial charge in [0.05, 0.1) is 13.2 Å². The highest BCUT2D eigenvalue weighted by Crippen LogP contribution is 2.17. The van der Waals surface area contributed by atoms with Gasteiger partial charge in [-0.15, -0.1) is 0 Å². The SMILES string of the molecule is CCN1CCN(c2ccc(C(=O)NC(C)C(=O)N3CCOCC3)cc2)CC1. The molecule has 0 bridgehead atoms. The zero-order valence-electron chi connectivity index (χ0n) is 16.3. The Labute approximate surface area is 161 Å². The molecule has 1 unspecified atom stereocenters. The second-order valence-electron chi connectivity index (χ2n) is 7.10. The number of nitrogens with one attached hydrogen (secondary N) is 1. The van der Waals surface area contributed by atoms with E-state index in [1.807, 2.05) is 24.3 Å². The molecule has 1 atom stereocenters. The molecule has 0 aliphatic carbocycles. The smallest absolute Gasteiger partial charge is 0.251 e. The van der Waals surface area contributed by atoms with Crippen LogP contribution >= 0.6 is 0 Å². The normalized spacial score (nSPS) is 19.6. The van der Waals surface area contributed by atoms with Gasteiger partial charge in [-0.25, -0.2) is 0 Å². The number of rotatable bonds is 5. The van der Waals surface area contributed by atoms with Crippen molar-refractivity contribution >= 4 is 17.5 Å². The summed E-state index contributed by atoms with van der Waals surface area (Å²) in [7, 11) is 0. The highest BCUT2D eigenvalue weighted by molar-refractivity contribution is 5.97. The summed E-state index contributed by atoms with van der Waals surface area (Å²) in [5.74, 6) is -0.275. The maximum Gasteiger partial charge on any atom is 0.251 e. The number of anilines is 1. The lowest BCUT2D eigenvalue weighted by Gasteiger charge is -2.35. The van der Waals surface area contributed by atoms with E-state index in [-0.39, 0.29) is 11.8 Å². The van der Waals surface area contributed by atoms with E-state index in [9.17, 15) is 9.59 Å². The highest BCUT2D eigenvalue weighted by atomic mass is 16.5. The summed E-state index contributed by atoms with van der Waals surface area (Å²) in [6.45, 7) is 11.4. The molecule has 0 radical (unpaired) electrons. The molecule has 2 aliphatic heterocycles. The van der Waals surface area contributed by atoms with Crippen molar-refractivity contribution < 1.29 is 14.3 Å². The summed E-state index contributed by atoms with van der Waals surface area (Å²) in [5, 5.41) is 2.81. The van der Waals surface area contributed by atoms with Gasteiger partial charge in [-0.05, 0) is 37.7 Å². The van der Waals surface area contributed by atoms with Crippen LogP contribution in [0.5, 0.6) is 0 Å². The van der Waals surface area contributed by atoms with Crippen LogP contribution in [0.1, 0.15) is 24.2 Å². The van der Waals surface area contributed by atoms with Crippen molar-refractivity contribution in [3.63, 3.8) is 0 Å². The zero-order chi connectivity index (χ0) is 19.2. The minimum absolute atomic E-state index is 0.0583. The van der Waals surface area contributed by atoms with Crippen LogP contribution in [0.4, 0.5) is 5.69 Å². The average molecular weight is 374 g/mol. The molecule has 2 fully saturated rings. The van der Waals surface area contributed by atoms with Crippen molar-refractivity contribution in [1.82, 2.24) is 15.1 Å². The molecule has 2 amide bonds. The quantitative estimate of drug-likeness (QED) is 0.826. The van der Waals surface area contributed by atoms with E-state index in [1.54, 1.807) is 11.8 Å². The molecule has 148 valence electrons. The number of amides is 2. The molecule has 0 saturated carbocycles. The van der Waals surface area contributed by atoms with Gasteiger partial charge >= 0.3 is 0 Å². The van der Waals surface area contributed by atoms with Gasteiger partial charge in [-0.3, -0.25) is 9.59 Å². The zero-order valence-corrected chi connectivity index (χ0v) is 16.3. The van der Waals surface area contributed by atoms with Crippen LogP contribution < -0.4 is 10.2 Å². The van der Waals surface area contributed by atoms with Crippen LogP contribution in [-0.4, -0.2) is 86.7 Å². The van der Waals surface area contributed by atoms with Gasteiger partial charge in [0.2, 0.25) is 5.91 Å². The standard InChI is InChI=1S/C20H30N4O3/c1-3-22-8-10-23(11-9-22)18-6-4-17(5-7-18)19(25)21-16(2)20(26)24-12-14-27-15-13-24/h4-7,16H,3,8-15H2,1-2H3,(H,21,25). The topological polar surface area (TPSA) is 65.1 Å². The first-order valence-corrected chi connectivity index (χ1v) is 9.83. The largest absolute Gasteiger partial charge is 0.378 e. The third-order valence-electron chi connectivity index (χ3n) is 5.35. The molecule has 0 spiro atoms. The van der Waals surface area contributed by atoms with E-state index >= 15 is 0 Å². The van der Waals surface area contributed by atoms with Crippen LogP contribution in [-0.2, 0) is 9.53 Å². The number of piperazine rings is 1. The average Bonchev–Trinajstić information content (AvgIpc) is 2.74. The minimum Gasteiger partial charge on any atom is -0.378 e. The minimum atomic E-state index is -0.544. The summed E-state index contributed by atoms with van der Waals surface area (Å²) >= 11 is 0. The molecule has 7 nitrogen and oxygen atoms in total. The second-order valence-corrected chi connectivity index (χ2v) is 7.10. The van der Waals surface area contributed by atoms with Crippen molar-refractivity contribution in [1.29, 1.82) is 0 Å². The number of morpholine rings is 1. The molecule has 2 aliphatic rings. The predicted molar refractivity (Wildman–Crippen MR) is 105 cm³/mol. The van der Waals surface area contributed by atoms with Crippen LogP contribution in [0.25, 0.3) is 0 Å². The number of likely N-dealkylation sites (N-methyl/N-ethyl adjacent to an activating group) is 1. The third kappa shape index (κ3) is 4.99. The number of carbonyl (C=O) groups is 2. The van der Waals surface area contributed by atoms with Crippen LogP contribution in [0.3, 0.4) is 0 Å². The third-order valence-corrected chi connectivity index (χ3v) is 5.35. The van der Waals surface area contributed by atoms with Gasteiger partial charge in [-0.1, -0.05) is 6.92 Å². The maximum atomic E-state index is 12.5. The molecule has 1 aromatic carbocycles. The lowest BCUT2D eigenvalue weighted by atomic mass is 10.1. The molecule has 3 rings (SSSR count). The van der Waals surface area contributed by atoms with Crippen molar-refractivity contribution in [2.45, 2.75) is 19.9 Å². The number of hydrogen-bond donors (Lipinski definition) is 1. The Bertz CT molecular complexity index is 635. The van der Waals surface area contributed by atoms with Gasteiger partial charge in [0.1, 0.15) is 6.04 Å². The van der Waals surface area contributed by atoms with Crippen LogP contribution in [0.15, 0.2) is 24.3 Å². The van der Waals surface area contributed by atoms with Gasteiger partial charge in [-0.2, -0.15) is 0 Å². The monoisotopic (exact) mass is 374 g/mol. The van der Waals surface area contributed by atoms with Crippen molar-refractivity contribution in [3.05, 3.63) is 29.8 Å². The van der Waals surface area contributed by atoms with Gasteiger partial charge in [0.25, 0.3) is 5.91 Å². The lowest BCUT2D eigenvalue weighted by Crippen LogP contribution is -2.50. The molecular weight excluding hydrogens is 344 g/mol. The van der Waals surface area contributed by atoms with Gasteiger partial charge in [0, 0.05) is 50.5 Å². The fraction of sp³-hybridized carbons (Fsp3) is 0.600. The first-order chi connectivity index (χ1) is 13.1. The van der Waals surface area contributed by atoms with Gasteiger partial charge < -0.3 is 24.8 Å². The molecule has 0 aromatic heterocycles. The molecular formula is C20H30N4O3.